The molecule has 1 fully saturated rings. The van der Waals surface area contributed by atoms with Crippen molar-refractivity contribution >= 4 is 40.8 Å². The predicted octanol–water partition coefficient (Wildman–Crippen LogP) is 3.58. The maximum Gasteiger partial charge on any atom is 0.191 e. The first-order valence-electron chi connectivity index (χ1n) is 8.06. The molecule has 0 bridgehead atoms. The summed E-state index contributed by atoms with van der Waals surface area (Å²) in [5.41, 5.74) is 2.02. The molecule has 1 aliphatic rings. The number of hydrogen-bond donors (Lipinski definition) is 3. The van der Waals surface area contributed by atoms with Gasteiger partial charge in [-0.3, -0.25) is 4.99 Å². The van der Waals surface area contributed by atoms with Crippen LogP contribution in [0.5, 0.6) is 0 Å². The smallest absolute Gasteiger partial charge is 0.191 e. The van der Waals surface area contributed by atoms with E-state index in [-0.39, 0.29) is 29.8 Å². The summed E-state index contributed by atoms with van der Waals surface area (Å²) in [7, 11) is 0. The summed E-state index contributed by atoms with van der Waals surface area (Å²) >= 11 is 0. The van der Waals surface area contributed by atoms with Gasteiger partial charge in [0.25, 0.3) is 0 Å². The van der Waals surface area contributed by atoms with E-state index in [0.29, 0.717) is 12.6 Å². The molecule has 0 aliphatic heterocycles. The second-order valence-electron chi connectivity index (χ2n) is 5.79. The van der Waals surface area contributed by atoms with Crippen molar-refractivity contribution in [1.29, 1.82) is 0 Å². The van der Waals surface area contributed by atoms with Gasteiger partial charge in [-0.2, -0.15) is 0 Å². The third kappa shape index (κ3) is 4.59. The average molecular weight is 430 g/mol. The van der Waals surface area contributed by atoms with Crippen LogP contribution in [0.1, 0.15) is 31.7 Å². The van der Waals surface area contributed by atoms with Gasteiger partial charge in [0.05, 0.1) is 0 Å². The number of aromatic nitrogens is 1. The lowest BCUT2D eigenvalue weighted by molar-refractivity contribution is 0.380. The zero-order valence-electron chi connectivity index (χ0n) is 13.4. The van der Waals surface area contributed by atoms with Crippen molar-refractivity contribution in [3.63, 3.8) is 0 Å². The van der Waals surface area contributed by atoms with E-state index in [1.165, 1.54) is 37.0 Å². The van der Waals surface area contributed by atoms with Crippen LogP contribution < -0.4 is 10.6 Å². The summed E-state index contributed by atoms with van der Waals surface area (Å²) in [5, 5.41) is 7.83. The van der Waals surface area contributed by atoms with Gasteiger partial charge in [0.15, 0.2) is 5.96 Å². The molecule has 23 heavy (non-hydrogen) atoms. The molecule has 0 amide bonds. The fourth-order valence-corrected chi connectivity index (χ4v) is 2.72. The van der Waals surface area contributed by atoms with Crippen molar-refractivity contribution in [1.82, 2.24) is 15.6 Å². The molecule has 4 nitrogen and oxygen atoms in total. The maximum atomic E-state index is 13.2. The lowest BCUT2D eigenvalue weighted by Gasteiger charge is -2.28. The molecule has 126 valence electrons. The van der Waals surface area contributed by atoms with Gasteiger partial charge in [-0.25, -0.2) is 4.39 Å². The zero-order valence-corrected chi connectivity index (χ0v) is 15.7. The largest absolute Gasteiger partial charge is 0.361 e. The van der Waals surface area contributed by atoms with E-state index < -0.39 is 0 Å². The van der Waals surface area contributed by atoms with Crippen LogP contribution in [0.4, 0.5) is 4.39 Å². The molecule has 3 N–H and O–H groups in total. The third-order valence-electron chi connectivity index (χ3n) is 4.17. The van der Waals surface area contributed by atoms with E-state index in [2.05, 4.69) is 27.5 Å². The monoisotopic (exact) mass is 430 g/mol. The molecule has 6 heteroatoms. The van der Waals surface area contributed by atoms with Crippen molar-refractivity contribution < 1.29 is 4.39 Å². The van der Waals surface area contributed by atoms with Crippen LogP contribution in [0.15, 0.2) is 29.4 Å². The number of aliphatic imine (C=N–C) groups is 1. The Morgan fingerprint density at radius 3 is 2.91 bits per heavy atom. The molecule has 3 rings (SSSR count). The van der Waals surface area contributed by atoms with Crippen LogP contribution in [0, 0.1) is 5.82 Å². The number of nitrogens with zero attached hydrogens (tertiary/aromatic N) is 1. The lowest BCUT2D eigenvalue weighted by atomic mass is 9.93. The highest BCUT2D eigenvalue weighted by Gasteiger charge is 2.18. The summed E-state index contributed by atoms with van der Waals surface area (Å²) in [4.78, 5) is 7.76. The minimum absolute atomic E-state index is 0. The summed E-state index contributed by atoms with van der Waals surface area (Å²) in [6.07, 6.45) is 6.57. The average Bonchev–Trinajstić information content (AvgIpc) is 2.85. The Balaban J connectivity index is 0.00000192. The fraction of sp³-hybridized carbons (Fsp3) is 0.471. The number of hydrogen-bond acceptors (Lipinski definition) is 1. The van der Waals surface area contributed by atoms with E-state index in [0.717, 1.165) is 29.8 Å². The van der Waals surface area contributed by atoms with E-state index in [1.807, 2.05) is 12.3 Å². The van der Waals surface area contributed by atoms with Gasteiger partial charge >= 0.3 is 0 Å². The molecule has 0 spiro atoms. The van der Waals surface area contributed by atoms with Crippen LogP contribution in [0.2, 0.25) is 0 Å². The van der Waals surface area contributed by atoms with Gasteiger partial charge < -0.3 is 15.6 Å². The standard InChI is InChI=1S/C17H23FN4.HI/c1-2-19-17(22-14-4-3-5-14)20-9-8-12-11-21-16-10-13(18)6-7-15(12)16;/h6-7,10-11,14,21H,2-5,8-9H2,1H3,(H2,19,20,22);1H. The minimum atomic E-state index is -0.210. The van der Waals surface area contributed by atoms with Crippen molar-refractivity contribution in [2.24, 2.45) is 4.99 Å². The Labute approximate surface area is 153 Å². The van der Waals surface area contributed by atoms with E-state index in [4.69, 9.17) is 0 Å². The summed E-state index contributed by atoms with van der Waals surface area (Å²) in [6, 6.07) is 5.45. The van der Waals surface area contributed by atoms with Gasteiger partial charge in [-0.05, 0) is 56.4 Å². The van der Waals surface area contributed by atoms with Crippen LogP contribution in [0.3, 0.4) is 0 Å². The molecule has 1 saturated carbocycles. The summed E-state index contributed by atoms with van der Waals surface area (Å²) in [5.74, 6) is 0.691. The molecular weight excluding hydrogens is 406 g/mol. The second kappa shape index (κ2) is 8.52. The van der Waals surface area contributed by atoms with Gasteiger partial charge in [0, 0.05) is 36.2 Å². The Morgan fingerprint density at radius 2 is 2.22 bits per heavy atom. The first-order chi connectivity index (χ1) is 10.8. The Bertz CT molecular complexity index is 664. The Hall–Kier alpha value is -1.31. The molecule has 0 radical (unpaired) electrons. The Morgan fingerprint density at radius 1 is 1.39 bits per heavy atom. The van der Waals surface area contributed by atoms with Crippen molar-refractivity contribution in [2.75, 3.05) is 13.1 Å². The van der Waals surface area contributed by atoms with Crippen LogP contribution in [-0.2, 0) is 6.42 Å². The normalized spacial score (nSPS) is 15.1. The number of guanidine groups is 1. The molecule has 1 aromatic carbocycles. The van der Waals surface area contributed by atoms with Gasteiger partial charge in [-0.15, -0.1) is 24.0 Å². The minimum Gasteiger partial charge on any atom is -0.361 e. The summed E-state index contributed by atoms with van der Waals surface area (Å²) < 4.78 is 13.2. The van der Waals surface area contributed by atoms with Crippen molar-refractivity contribution in [3.05, 3.63) is 35.8 Å². The molecule has 0 unspecified atom stereocenters. The zero-order chi connectivity index (χ0) is 15.4. The van der Waals surface area contributed by atoms with Crippen LogP contribution >= 0.6 is 24.0 Å². The fourth-order valence-electron chi connectivity index (χ4n) is 2.72. The number of nitrogens with one attached hydrogen (secondary N) is 3. The van der Waals surface area contributed by atoms with Crippen LogP contribution in [-0.4, -0.2) is 30.1 Å². The quantitative estimate of drug-likeness (QED) is 0.386. The van der Waals surface area contributed by atoms with Crippen molar-refractivity contribution in [3.8, 4) is 0 Å². The van der Waals surface area contributed by atoms with Gasteiger partial charge in [0.2, 0.25) is 0 Å². The molecule has 0 saturated heterocycles. The van der Waals surface area contributed by atoms with Gasteiger partial charge in [-0.1, -0.05) is 0 Å². The topological polar surface area (TPSA) is 52.2 Å². The van der Waals surface area contributed by atoms with E-state index >= 15 is 0 Å². The van der Waals surface area contributed by atoms with Crippen LogP contribution in [0.25, 0.3) is 10.9 Å². The first-order valence-corrected chi connectivity index (χ1v) is 8.06. The number of rotatable bonds is 5. The predicted molar refractivity (Wildman–Crippen MR) is 104 cm³/mol. The second-order valence-corrected chi connectivity index (χ2v) is 5.79. The lowest BCUT2D eigenvalue weighted by Crippen LogP contribution is -2.46. The number of H-pyrrole nitrogens is 1. The molecule has 1 aliphatic carbocycles. The highest BCUT2D eigenvalue weighted by Crippen LogP contribution is 2.20. The van der Waals surface area contributed by atoms with Crippen molar-refractivity contribution in [2.45, 2.75) is 38.6 Å². The number of halogens is 2. The SMILES string of the molecule is CCNC(=NCCc1c[nH]c2cc(F)ccc12)NC1CCC1.I. The molecule has 1 heterocycles. The van der Waals surface area contributed by atoms with E-state index in [9.17, 15) is 4.39 Å². The number of fused-ring (bicyclic) bond motifs is 1. The van der Waals surface area contributed by atoms with Gasteiger partial charge in [0.1, 0.15) is 5.82 Å². The molecule has 0 atom stereocenters. The third-order valence-corrected chi connectivity index (χ3v) is 4.17. The number of benzene rings is 1. The highest BCUT2D eigenvalue weighted by molar-refractivity contribution is 14.0. The highest BCUT2D eigenvalue weighted by atomic mass is 127. The number of aromatic amines is 1. The molecule has 2 aromatic rings. The summed E-state index contributed by atoms with van der Waals surface area (Å²) in [6.45, 7) is 3.66. The molecular formula is C17H24FIN4. The Kier molecular flexibility index (Phi) is 6.68. The van der Waals surface area contributed by atoms with E-state index in [1.54, 1.807) is 0 Å². The molecule has 1 aromatic heterocycles. The maximum absolute atomic E-state index is 13.2. The first kappa shape index (κ1) is 18.0.